The molecule has 100 valence electrons. The topological polar surface area (TPSA) is 113 Å². The zero-order valence-corrected chi connectivity index (χ0v) is 10.9. The molecular formula is C10H19NO5S. The molecule has 17 heavy (non-hydrogen) atoms. The first-order chi connectivity index (χ1) is 7.68. The third-order valence-electron chi connectivity index (χ3n) is 1.87. The van der Waals surface area contributed by atoms with Crippen LogP contribution in [0.3, 0.4) is 0 Å². The Bertz CT molecular complexity index is 285. The minimum atomic E-state index is -1.64. The highest BCUT2D eigenvalue weighted by molar-refractivity contribution is 8.03. The van der Waals surface area contributed by atoms with Crippen molar-refractivity contribution in [3.63, 3.8) is 0 Å². The fourth-order valence-electron chi connectivity index (χ4n) is 0.833. The maximum absolute atomic E-state index is 11.1. The highest BCUT2D eigenvalue weighted by Gasteiger charge is 2.23. The van der Waals surface area contributed by atoms with Crippen molar-refractivity contribution in [1.82, 2.24) is 0 Å². The van der Waals surface area contributed by atoms with Gasteiger partial charge in [-0.05, 0) is 13.8 Å². The van der Waals surface area contributed by atoms with Gasteiger partial charge in [0.1, 0.15) is 0 Å². The lowest BCUT2D eigenvalue weighted by Crippen LogP contribution is -2.37. The Morgan fingerprint density at radius 1 is 1.53 bits per heavy atom. The molecule has 0 saturated carbocycles. The van der Waals surface area contributed by atoms with Gasteiger partial charge in [0.25, 0.3) is 0 Å². The van der Waals surface area contributed by atoms with Crippen LogP contribution >= 0.6 is 11.8 Å². The van der Waals surface area contributed by atoms with Crippen LogP contribution in [0, 0.1) is 0 Å². The Kier molecular flexibility index (Phi) is 6.73. The standard InChI is InChI=1S/C10H19NO5S/c1-10(2,15)7(4-8(12)16-3)17-5-6(11)9(13)14/h4,6,9,13-15H,5,11H2,1-3H3/b7-4-/t6-/m0/s1. The third kappa shape index (κ3) is 6.64. The van der Waals surface area contributed by atoms with Gasteiger partial charge < -0.3 is 25.8 Å². The summed E-state index contributed by atoms with van der Waals surface area (Å²) in [6.45, 7) is 3.02. The van der Waals surface area contributed by atoms with Crippen molar-refractivity contribution in [2.75, 3.05) is 12.9 Å². The molecule has 1 atom stereocenters. The number of carbonyl (C=O) groups is 1. The molecule has 0 fully saturated rings. The smallest absolute Gasteiger partial charge is 0.331 e. The van der Waals surface area contributed by atoms with Crippen molar-refractivity contribution in [1.29, 1.82) is 0 Å². The summed E-state index contributed by atoms with van der Waals surface area (Å²) in [5.41, 5.74) is 4.20. The normalized spacial score (nSPS) is 14.9. The Balaban J connectivity index is 4.64. The SMILES string of the molecule is COC(=O)/C=C(\SC[C@H](N)C(O)O)C(C)(C)O. The average molecular weight is 265 g/mol. The van der Waals surface area contributed by atoms with E-state index in [0.29, 0.717) is 4.91 Å². The molecule has 0 unspecified atom stereocenters. The molecule has 0 aromatic heterocycles. The van der Waals surface area contributed by atoms with E-state index in [1.165, 1.54) is 21.0 Å². The summed E-state index contributed by atoms with van der Waals surface area (Å²) in [6, 6.07) is -0.858. The van der Waals surface area contributed by atoms with Gasteiger partial charge in [0, 0.05) is 16.7 Å². The van der Waals surface area contributed by atoms with Crippen molar-refractivity contribution < 1.29 is 24.9 Å². The molecule has 0 aliphatic rings. The second-order valence-corrected chi connectivity index (χ2v) is 5.04. The molecular weight excluding hydrogens is 246 g/mol. The first-order valence-corrected chi connectivity index (χ1v) is 5.94. The molecule has 0 aliphatic heterocycles. The van der Waals surface area contributed by atoms with Crippen molar-refractivity contribution in [3.8, 4) is 0 Å². The van der Waals surface area contributed by atoms with E-state index in [4.69, 9.17) is 15.9 Å². The number of hydrogen-bond acceptors (Lipinski definition) is 7. The molecule has 0 saturated heterocycles. The lowest BCUT2D eigenvalue weighted by atomic mass is 10.1. The van der Waals surface area contributed by atoms with Crippen LogP contribution < -0.4 is 5.73 Å². The van der Waals surface area contributed by atoms with E-state index >= 15 is 0 Å². The summed E-state index contributed by atoms with van der Waals surface area (Å²) in [5.74, 6) is -0.433. The number of carbonyl (C=O) groups excluding carboxylic acids is 1. The van der Waals surface area contributed by atoms with Gasteiger partial charge in [-0.25, -0.2) is 4.79 Å². The van der Waals surface area contributed by atoms with Crippen LogP contribution in [0.5, 0.6) is 0 Å². The van der Waals surface area contributed by atoms with E-state index in [1.54, 1.807) is 0 Å². The number of methoxy groups -OCH3 is 1. The van der Waals surface area contributed by atoms with E-state index in [2.05, 4.69) is 4.74 Å². The zero-order valence-electron chi connectivity index (χ0n) is 10.1. The fourth-order valence-corrected chi connectivity index (χ4v) is 1.91. The fraction of sp³-hybridized carbons (Fsp3) is 0.700. The predicted molar refractivity (Wildman–Crippen MR) is 65.1 cm³/mol. The van der Waals surface area contributed by atoms with Crippen molar-refractivity contribution >= 4 is 17.7 Å². The molecule has 0 spiro atoms. The second kappa shape index (κ2) is 6.97. The number of rotatable bonds is 6. The van der Waals surface area contributed by atoms with E-state index in [0.717, 1.165) is 17.8 Å². The Labute approximate surface area is 104 Å². The van der Waals surface area contributed by atoms with Crippen molar-refractivity contribution in [3.05, 3.63) is 11.0 Å². The van der Waals surface area contributed by atoms with Crippen LogP contribution in [0.25, 0.3) is 0 Å². The van der Waals surface area contributed by atoms with Crippen LogP contribution in [0.4, 0.5) is 0 Å². The molecule has 0 rings (SSSR count). The third-order valence-corrected chi connectivity index (χ3v) is 3.35. The van der Waals surface area contributed by atoms with Gasteiger partial charge in [0.05, 0.1) is 18.8 Å². The van der Waals surface area contributed by atoms with Gasteiger partial charge in [0.15, 0.2) is 6.29 Å². The molecule has 0 radical (unpaired) electrons. The quantitative estimate of drug-likeness (QED) is 0.282. The molecule has 0 aromatic rings. The Hall–Kier alpha value is -0.600. The van der Waals surface area contributed by atoms with Gasteiger partial charge >= 0.3 is 5.97 Å². The van der Waals surface area contributed by atoms with Crippen molar-refractivity contribution in [2.45, 2.75) is 31.8 Å². The molecule has 0 aromatic carbocycles. The summed E-state index contributed by atoms with van der Waals surface area (Å²) in [7, 11) is 1.23. The number of hydrogen-bond donors (Lipinski definition) is 4. The van der Waals surface area contributed by atoms with E-state index in [1.807, 2.05) is 0 Å². The minimum Gasteiger partial charge on any atom is -0.466 e. The number of nitrogens with two attached hydrogens (primary N) is 1. The van der Waals surface area contributed by atoms with Gasteiger partial charge in [-0.3, -0.25) is 0 Å². The van der Waals surface area contributed by atoms with Crippen molar-refractivity contribution in [2.24, 2.45) is 5.73 Å². The number of ether oxygens (including phenoxy) is 1. The predicted octanol–water partition coefficient (Wildman–Crippen LogP) is -0.815. The molecule has 0 amide bonds. The lowest BCUT2D eigenvalue weighted by Gasteiger charge is -2.22. The van der Waals surface area contributed by atoms with Crippen LogP contribution in [0.15, 0.2) is 11.0 Å². The highest BCUT2D eigenvalue weighted by atomic mass is 32.2. The number of aliphatic hydroxyl groups excluding tert-OH is 1. The largest absolute Gasteiger partial charge is 0.466 e. The number of thioether (sulfide) groups is 1. The Morgan fingerprint density at radius 3 is 2.41 bits per heavy atom. The molecule has 0 aliphatic carbocycles. The van der Waals surface area contributed by atoms with Gasteiger partial charge in [-0.15, -0.1) is 11.8 Å². The number of esters is 1. The van der Waals surface area contributed by atoms with E-state index in [-0.39, 0.29) is 5.75 Å². The summed E-state index contributed by atoms with van der Waals surface area (Å²) in [6.07, 6.45) is -0.482. The zero-order chi connectivity index (χ0) is 13.6. The van der Waals surface area contributed by atoms with Crippen LogP contribution in [0.2, 0.25) is 0 Å². The van der Waals surface area contributed by atoms with E-state index < -0.39 is 23.9 Å². The summed E-state index contributed by atoms with van der Waals surface area (Å²) >= 11 is 1.07. The summed E-state index contributed by atoms with van der Waals surface area (Å²) in [4.78, 5) is 11.4. The highest BCUT2D eigenvalue weighted by Crippen LogP contribution is 2.28. The molecule has 0 bridgehead atoms. The van der Waals surface area contributed by atoms with E-state index in [9.17, 15) is 9.90 Å². The molecule has 5 N–H and O–H groups in total. The minimum absolute atomic E-state index is 0.157. The van der Waals surface area contributed by atoms with Crippen LogP contribution in [-0.2, 0) is 9.53 Å². The molecule has 6 nitrogen and oxygen atoms in total. The summed E-state index contributed by atoms with van der Waals surface area (Å²) < 4.78 is 4.46. The van der Waals surface area contributed by atoms with Gasteiger partial charge in [0.2, 0.25) is 0 Å². The van der Waals surface area contributed by atoms with Gasteiger partial charge in [-0.2, -0.15) is 0 Å². The maximum atomic E-state index is 11.1. The first kappa shape index (κ1) is 16.4. The number of aliphatic hydroxyl groups is 3. The maximum Gasteiger partial charge on any atom is 0.331 e. The van der Waals surface area contributed by atoms with Crippen LogP contribution in [0.1, 0.15) is 13.8 Å². The molecule has 0 heterocycles. The lowest BCUT2D eigenvalue weighted by molar-refractivity contribution is -0.135. The molecule has 7 heteroatoms. The first-order valence-electron chi connectivity index (χ1n) is 4.95. The Morgan fingerprint density at radius 2 is 2.06 bits per heavy atom. The summed E-state index contributed by atoms with van der Waals surface area (Å²) in [5, 5.41) is 27.4. The van der Waals surface area contributed by atoms with Crippen LogP contribution in [-0.4, -0.2) is 52.1 Å². The monoisotopic (exact) mass is 265 g/mol. The second-order valence-electron chi connectivity index (χ2n) is 3.98. The average Bonchev–Trinajstić information content (AvgIpc) is 2.21. The van der Waals surface area contributed by atoms with Gasteiger partial charge in [-0.1, -0.05) is 0 Å².